The van der Waals surface area contributed by atoms with Crippen LogP contribution in [0.5, 0.6) is 5.75 Å². The molecule has 35 heavy (non-hydrogen) atoms. The van der Waals surface area contributed by atoms with Crippen molar-refractivity contribution in [2.75, 3.05) is 39.8 Å². The van der Waals surface area contributed by atoms with Crippen LogP contribution < -0.4 is 4.74 Å². The summed E-state index contributed by atoms with van der Waals surface area (Å²) in [6.45, 7) is 7.06. The van der Waals surface area contributed by atoms with E-state index in [1.54, 1.807) is 7.11 Å². The van der Waals surface area contributed by atoms with Crippen molar-refractivity contribution in [1.82, 2.24) is 14.7 Å². The number of carbonyl (C=O) groups is 2. The third-order valence-electron chi connectivity index (χ3n) is 7.38. The van der Waals surface area contributed by atoms with Gasteiger partial charge in [-0.05, 0) is 30.9 Å². The molecule has 2 aliphatic heterocycles. The summed E-state index contributed by atoms with van der Waals surface area (Å²) < 4.78 is 5.68. The predicted molar refractivity (Wildman–Crippen MR) is 138 cm³/mol. The number of likely N-dealkylation sites (tertiary alicyclic amines) is 1. The molecule has 0 aromatic heterocycles. The van der Waals surface area contributed by atoms with Gasteiger partial charge in [0, 0.05) is 51.3 Å². The molecule has 0 N–H and O–H groups in total. The quantitative estimate of drug-likeness (QED) is 0.561. The fourth-order valence-corrected chi connectivity index (χ4v) is 5.52. The lowest BCUT2D eigenvalue weighted by Gasteiger charge is -2.42. The number of carbonyl (C=O) groups excluding carboxylic acids is 2. The Bertz CT molecular complexity index is 980. The fraction of sp³-hybridized carbons (Fsp3) is 0.517. The van der Waals surface area contributed by atoms with E-state index in [1.165, 1.54) is 5.56 Å². The molecule has 2 aromatic rings. The molecule has 2 amide bonds. The van der Waals surface area contributed by atoms with Gasteiger partial charge < -0.3 is 14.5 Å². The Morgan fingerprint density at radius 1 is 1.00 bits per heavy atom. The van der Waals surface area contributed by atoms with Crippen LogP contribution in [0.3, 0.4) is 0 Å². The smallest absolute Gasteiger partial charge is 0.228 e. The van der Waals surface area contributed by atoms with Gasteiger partial charge in [0.1, 0.15) is 5.75 Å². The summed E-state index contributed by atoms with van der Waals surface area (Å²) in [5.41, 5.74) is 2.25. The molecule has 2 aromatic carbocycles. The number of benzene rings is 2. The molecule has 6 nitrogen and oxygen atoms in total. The second kappa shape index (κ2) is 12.2. The molecule has 6 heteroatoms. The number of amides is 2. The molecular weight excluding hydrogens is 438 g/mol. The number of para-hydroxylation sites is 1. The van der Waals surface area contributed by atoms with Crippen LogP contribution >= 0.6 is 0 Å². The van der Waals surface area contributed by atoms with Crippen LogP contribution in [0.25, 0.3) is 0 Å². The van der Waals surface area contributed by atoms with E-state index in [2.05, 4.69) is 36.1 Å². The highest BCUT2D eigenvalue weighted by molar-refractivity contribution is 5.85. The molecule has 4 rings (SSSR count). The number of ether oxygens (including phenoxy) is 1. The first kappa shape index (κ1) is 25.2. The van der Waals surface area contributed by atoms with Crippen molar-refractivity contribution in [1.29, 1.82) is 0 Å². The highest BCUT2D eigenvalue weighted by atomic mass is 16.5. The van der Waals surface area contributed by atoms with Gasteiger partial charge in [-0.2, -0.15) is 0 Å². The Balaban J connectivity index is 1.53. The summed E-state index contributed by atoms with van der Waals surface area (Å²) in [7, 11) is 1.66. The number of unbranched alkanes of at least 4 members (excludes halogenated alkanes) is 1. The average Bonchev–Trinajstić information content (AvgIpc) is 3.13. The van der Waals surface area contributed by atoms with E-state index in [4.69, 9.17) is 4.74 Å². The average molecular weight is 478 g/mol. The van der Waals surface area contributed by atoms with E-state index in [9.17, 15) is 9.59 Å². The molecule has 2 heterocycles. The van der Waals surface area contributed by atoms with Gasteiger partial charge >= 0.3 is 0 Å². The number of hydrogen-bond donors (Lipinski definition) is 0. The lowest BCUT2D eigenvalue weighted by Crippen LogP contribution is -2.50. The highest BCUT2D eigenvalue weighted by Gasteiger charge is 2.43. The minimum atomic E-state index is -0.282. The molecule has 0 radical (unpaired) electrons. The molecule has 0 bridgehead atoms. The van der Waals surface area contributed by atoms with Crippen molar-refractivity contribution < 1.29 is 14.3 Å². The largest absolute Gasteiger partial charge is 0.496 e. The molecule has 2 fully saturated rings. The zero-order valence-corrected chi connectivity index (χ0v) is 21.2. The molecule has 0 saturated carbocycles. The van der Waals surface area contributed by atoms with Crippen molar-refractivity contribution in [3.63, 3.8) is 0 Å². The molecular formula is C29H39N3O3. The van der Waals surface area contributed by atoms with Crippen LogP contribution in [0.2, 0.25) is 0 Å². The van der Waals surface area contributed by atoms with Gasteiger partial charge in [-0.3, -0.25) is 14.5 Å². The third-order valence-corrected chi connectivity index (χ3v) is 7.38. The van der Waals surface area contributed by atoms with E-state index < -0.39 is 0 Å². The van der Waals surface area contributed by atoms with E-state index in [0.29, 0.717) is 19.4 Å². The van der Waals surface area contributed by atoms with Gasteiger partial charge in [0.15, 0.2) is 0 Å². The zero-order valence-electron chi connectivity index (χ0n) is 21.2. The van der Waals surface area contributed by atoms with Gasteiger partial charge in [0.25, 0.3) is 0 Å². The summed E-state index contributed by atoms with van der Waals surface area (Å²) in [6.07, 6.45) is 3.91. The van der Waals surface area contributed by atoms with Crippen molar-refractivity contribution in [3.05, 3.63) is 65.7 Å². The topological polar surface area (TPSA) is 53.1 Å². The Kier molecular flexibility index (Phi) is 8.80. The van der Waals surface area contributed by atoms with Gasteiger partial charge in [-0.25, -0.2) is 0 Å². The number of rotatable bonds is 8. The monoisotopic (exact) mass is 477 g/mol. The zero-order chi connectivity index (χ0) is 24.6. The van der Waals surface area contributed by atoms with Crippen molar-refractivity contribution in [2.45, 2.75) is 51.6 Å². The minimum Gasteiger partial charge on any atom is -0.496 e. The number of nitrogens with zero attached hydrogens (tertiary/aromatic N) is 3. The van der Waals surface area contributed by atoms with Crippen molar-refractivity contribution >= 4 is 11.8 Å². The van der Waals surface area contributed by atoms with Crippen LogP contribution in [0.15, 0.2) is 54.6 Å². The highest BCUT2D eigenvalue weighted by Crippen LogP contribution is 2.41. The van der Waals surface area contributed by atoms with Crippen LogP contribution in [0, 0.1) is 5.92 Å². The first-order valence-corrected chi connectivity index (χ1v) is 13.1. The van der Waals surface area contributed by atoms with Crippen LogP contribution in [-0.2, 0) is 16.1 Å². The maximum absolute atomic E-state index is 14.0. The molecule has 188 valence electrons. The molecule has 2 saturated heterocycles. The van der Waals surface area contributed by atoms with E-state index >= 15 is 0 Å². The summed E-state index contributed by atoms with van der Waals surface area (Å²) in [5, 5.41) is 0. The second-order valence-electron chi connectivity index (χ2n) is 9.71. The van der Waals surface area contributed by atoms with E-state index in [0.717, 1.165) is 63.3 Å². The molecule has 2 atom stereocenters. The first-order chi connectivity index (χ1) is 17.1. The Labute approximate surface area is 209 Å². The van der Waals surface area contributed by atoms with Crippen LogP contribution in [0.4, 0.5) is 0 Å². The maximum atomic E-state index is 14.0. The maximum Gasteiger partial charge on any atom is 0.228 e. The minimum absolute atomic E-state index is 0.142. The fourth-order valence-electron chi connectivity index (χ4n) is 5.52. The lowest BCUT2D eigenvalue weighted by atomic mass is 9.82. The lowest BCUT2D eigenvalue weighted by molar-refractivity contribution is -0.148. The van der Waals surface area contributed by atoms with Gasteiger partial charge in [-0.1, -0.05) is 61.9 Å². The summed E-state index contributed by atoms with van der Waals surface area (Å²) >= 11 is 0. The van der Waals surface area contributed by atoms with Crippen LogP contribution in [-0.4, -0.2) is 66.3 Å². The van der Waals surface area contributed by atoms with E-state index in [-0.39, 0.29) is 23.8 Å². The number of piperidine rings is 1. The standard InChI is InChI=1S/C29H39N3O3/c1-3-4-19-32-27(33)16-15-25(28(32)24-13-8-9-14-26(24)35-2)29(34)31-18-10-17-30(20-21-31)22-23-11-6-5-7-12-23/h5-9,11-14,25,28H,3-4,10,15-22H2,1-2H3. The molecule has 0 aliphatic carbocycles. The normalized spacial score (nSPS) is 21.6. The van der Waals surface area contributed by atoms with Gasteiger partial charge in [0.05, 0.1) is 19.1 Å². The SMILES string of the molecule is CCCCN1C(=O)CCC(C(=O)N2CCCN(Cc3ccccc3)CC2)C1c1ccccc1OC. The summed E-state index contributed by atoms with van der Waals surface area (Å²) in [4.78, 5) is 33.5. The summed E-state index contributed by atoms with van der Waals surface area (Å²) in [5.74, 6) is 0.817. The van der Waals surface area contributed by atoms with Crippen molar-refractivity contribution in [2.24, 2.45) is 5.92 Å². The third kappa shape index (κ3) is 6.04. The molecule has 2 unspecified atom stereocenters. The molecule has 0 spiro atoms. The number of methoxy groups -OCH3 is 1. The van der Waals surface area contributed by atoms with Gasteiger partial charge in [-0.15, -0.1) is 0 Å². The second-order valence-corrected chi connectivity index (χ2v) is 9.71. The Hall–Kier alpha value is -2.86. The predicted octanol–water partition coefficient (Wildman–Crippen LogP) is 4.51. The number of hydrogen-bond acceptors (Lipinski definition) is 4. The first-order valence-electron chi connectivity index (χ1n) is 13.1. The van der Waals surface area contributed by atoms with Crippen molar-refractivity contribution in [3.8, 4) is 5.75 Å². The summed E-state index contributed by atoms with van der Waals surface area (Å²) in [6, 6.07) is 18.1. The Morgan fingerprint density at radius 3 is 2.54 bits per heavy atom. The Morgan fingerprint density at radius 2 is 1.77 bits per heavy atom. The van der Waals surface area contributed by atoms with Gasteiger partial charge in [0.2, 0.25) is 11.8 Å². The van der Waals surface area contributed by atoms with E-state index in [1.807, 2.05) is 40.1 Å². The van der Waals surface area contributed by atoms with Crippen LogP contribution in [0.1, 0.15) is 56.2 Å². The molecule has 2 aliphatic rings.